The Morgan fingerprint density at radius 2 is 1.89 bits per heavy atom. The smallest absolute Gasteiger partial charge is 0.105 e. The van der Waals surface area contributed by atoms with E-state index in [9.17, 15) is 0 Å². The molecule has 0 aromatic heterocycles. The molecule has 3 atom stereocenters. The van der Waals surface area contributed by atoms with Crippen LogP contribution in [-0.4, -0.2) is 4.84 Å². The Morgan fingerprint density at radius 1 is 1.28 bits per heavy atom. The van der Waals surface area contributed by atoms with Crippen LogP contribution in [0.1, 0.15) is 44.2 Å². The third-order valence-electron chi connectivity index (χ3n) is 4.94. The normalized spacial score (nSPS) is 32.1. The van der Waals surface area contributed by atoms with E-state index in [1.54, 1.807) is 0 Å². The molecule has 0 nitrogen and oxygen atoms in total. The van der Waals surface area contributed by atoms with E-state index in [0.717, 1.165) is 6.42 Å². The summed E-state index contributed by atoms with van der Waals surface area (Å²) in [7, 11) is 0. The van der Waals surface area contributed by atoms with E-state index >= 15 is 0 Å². The highest BCUT2D eigenvalue weighted by Gasteiger charge is 2.43. The summed E-state index contributed by atoms with van der Waals surface area (Å²) in [6, 6.07) is 9.00. The van der Waals surface area contributed by atoms with Crippen molar-refractivity contribution in [1.29, 1.82) is 0 Å². The summed E-state index contributed by atoms with van der Waals surface area (Å²) in [6.07, 6.45) is 3.40. The summed E-state index contributed by atoms with van der Waals surface area (Å²) in [6.45, 7) is 6.88. The summed E-state index contributed by atoms with van der Waals surface area (Å²) >= 11 is 11.9. The maximum absolute atomic E-state index is 5.95. The molecule has 0 spiro atoms. The van der Waals surface area contributed by atoms with Crippen molar-refractivity contribution in [2.75, 3.05) is 0 Å². The molecule has 1 saturated carbocycles. The van der Waals surface area contributed by atoms with Crippen LogP contribution in [0.4, 0.5) is 0 Å². The van der Waals surface area contributed by atoms with Crippen LogP contribution in [0.3, 0.4) is 0 Å². The second kappa shape index (κ2) is 5.43. The lowest BCUT2D eigenvalue weighted by Crippen LogP contribution is -2.28. The molecule has 1 aromatic carbocycles. The molecule has 0 N–H and O–H groups in total. The lowest BCUT2D eigenvalue weighted by molar-refractivity contribution is 0.300. The standard InChI is InChI=1S/C16H22Cl2/c1-11-4-6-14(7-5-11)16(3)9-8-13(12(16)2)10-15(17)18/h4-7,12-13,15H,8-10H2,1-3H3/t12?,13?,16-/m1/s1. The number of alkyl halides is 2. The van der Waals surface area contributed by atoms with Crippen LogP contribution in [0, 0.1) is 18.8 Å². The van der Waals surface area contributed by atoms with Gasteiger partial charge in [-0.3, -0.25) is 0 Å². The lowest BCUT2D eigenvalue weighted by Gasteiger charge is -2.32. The third kappa shape index (κ3) is 2.70. The molecule has 2 unspecified atom stereocenters. The van der Waals surface area contributed by atoms with E-state index in [2.05, 4.69) is 45.0 Å². The molecule has 1 aliphatic carbocycles. The highest BCUT2D eigenvalue weighted by molar-refractivity contribution is 6.44. The first-order chi connectivity index (χ1) is 8.43. The van der Waals surface area contributed by atoms with E-state index in [1.807, 2.05) is 0 Å². The molecular formula is C16H22Cl2. The summed E-state index contributed by atoms with van der Waals surface area (Å²) in [4.78, 5) is -0.224. The predicted octanol–water partition coefficient (Wildman–Crippen LogP) is 5.49. The Kier molecular flexibility index (Phi) is 4.29. The quantitative estimate of drug-likeness (QED) is 0.644. The van der Waals surface area contributed by atoms with Gasteiger partial charge in [0.2, 0.25) is 0 Å². The molecule has 0 aliphatic heterocycles. The Balaban J connectivity index is 2.19. The van der Waals surface area contributed by atoms with Gasteiger partial charge in [-0.25, -0.2) is 0 Å². The van der Waals surface area contributed by atoms with Gasteiger partial charge in [0, 0.05) is 0 Å². The van der Waals surface area contributed by atoms with E-state index < -0.39 is 0 Å². The van der Waals surface area contributed by atoms with Crippen molar-refractivity contribution in [1.82, 2.24) is 0 Å². The van der Waals surface area contributed by atoms with Crippen molar-refractivity contribution in [3.05, 3.63) is 35.4 Å². The van der Waals surface area contributed by atoms with Crippen molar-refractivity contribution in [2.45, 2.75) is 50.3 Å². The molecule has 1 aromatic rings. The molecule has 0 radical (unpaired) electrons. The summed E-state index contributed by atoms with van der Waals surface area (Å²) < 4.78 is 0. The van der Waals surface area contributed by atoms with Crippen LogP contribution in [0.15, 0.2) is 24.3 Å². The van der Waals surface area contributed by atoms with Crippen LogP contribution in [-0.2, 0) is 5.41 Å². The average molecular weight is 285 g/mol. The van der Waals surface area contributed by atoms with Crippen molar-refractivity contribution < 1.29 is 0 Å². The van der Waals surface area contributed by atoms with E-state index in [0.29, 0.717) is 11.8 Å². The van der Waals surface area contributed by atoms with Gasteiger partial charge in [-0.1, -0.05) is 43.7 Å². The van der Waals surface area contributed by atoms with Gasteiger partial charge >= 0.3 is 0 Å². The Labute approximate surface area is 121 Å². The second-order valence-electron chi connectivity index (χ2n) is 6.00. The SMILES string of the molecule is Cc1ccc([C@]2(C)CCC(CC(Cl)Cl)C2C)cc1. The van der Waals surface area contributed by atoms with Crippen molar-refractivity contribution in [2.24, 2.45) is 11.8 Å². The minimum atomic E-state index is -0.224. The maximum Gasteiger partial charge on any atom is 0.108 e. The molecule has 0 amide bonds. The first-order valence-corrected chi connectivity index (χ1v) is 7.66. The van der Waals surface area contributed by atoms with Crippen LogP contribution in [0.25, 0.3) is 0 Å². The molecule has 1 aliphatic rings. The molecule has 0 bridgehead atoms. The highest BCUT2D eigenvalue weighted by Crippen LogP contribution is 2.50. The van der Waals surface area contributed by atoms with Gasteiger partial charge in [-0.15, -0.1) is 23.2 Å². The van der Waals surface area contributed by atoms with Gasteiger partial charge in [0.05, 0.1) is 0 Å². The lowest BCUT2D eigenvalue weighted by atomic mass is 9.72. The number of hydrogen-bond acceptors (Lipinski definition) is 0. The first kappa shape index (κ1) is 14.2. The third-order valence-corrected chi connectivity index (χ3v) is 5.29. The fraction of sp³-hybridized carbons (Fsp3) is 0.625. The maximum atomic E-state index is 5.95. The molecule has 2 rings (SSSR count). The zero-order valence-electron chi connectivity index (χ0n) is 11.4. The minimum Gasteiger partial charge on any atom is -0.105 e. The number of halogens is 2. The van der Waals surface area contributed by atoms with Crippen LogP contribution < -0.4 is 0 Å². The molecule has 0 heterocycles. The molecule has 0 saturated heterocycles. The van der Waals surface area contributed by atoms with Gasteiger partial charge in [-0.2, -0.15) is 0 Å². The van der Waals surface area contributed by atoms with Gasteiger partial charge in [-0.05, 0) is 49.0 Å². The summed E-state index contributed by atoms with van der Waals surface area (Å²) in [5.41, 5.74) is 3.07. The van der Waals surface area contributed by atoms with Crippen LogP contribution in [0.5, 0.6) is 0 Å². The Hall–Kier alpha value is -0.200. The number of benzene rings is 1. The second-order valence-corrected chi connectivity index (χ2v) is 7.27. The topological polar surface area (TPSA) is 0 Å². The van der Waals surface area contributed by atoms with Gasteiger partial charge in [0.25, 0.3) is 0 Å². The average Bonchev–Trinajstić information content (AvgIpc) is 2.59. The van der Waals surface area contributed by atoms with Gasteiger partial charge in [0.15, 0.2) is 0 Å². The molecule has 2 heteroatoms. The fourth-order valence-corrected chi connectivity index (χ4v) is 3.83. The number of hydrogen-bond donors (Lipinski definition) is 0. The first-order valence-electron chi connectivity index (χ1n) is 6.79. The monoisotopic (exact) mass is 284 g/mol. The highest BCUT2D eigenvalue weighted by atomic mass is 35.5. The van der Waals surface area contributed by atoms with Crippen molar-refractivity contribution >= 4 is 23.2 Å². The largest absolute Gasteiger partial charge is 0.108 e. The summed E-state index contributed by atoms with van der Waals surface area (Å²) in [5.74, 6) is 1.29. The summed E-state index contributed by atoms with van der Waals surface area (Å²) in [5, 5.41) is 0. The van der Waals surface area contributed by atoms with Crippen molar-refractivity contribution in [3.63, 3.8) is 0 Å². The number of aryl methyl sites for hydroxylation is 1. The Bertz CT molecular complexity index is 396. The molecule has 100 valence electrons. The fourth-order valence-electron chi connectivity index (χ4n) is 3.38. The van der Waals surface area contributed by atoms with Crippen molar-refractivity contribution in [3.8, 4) is 0 Å². The van der Waals surface area contributed by atoms with Gasteiger partial charge in [0.1, 0.15) is 4.84 Å². The Morgan fingerprint density at radius 3 is 2.44 bits per heavy atom. The van der Waals surface area contributed by atoms with E-state index in [-0.39, 0.29) is 10.3 Å². The van der Waals surface area contributed by atoms with E-state index in [1.165, 1.54) is 24.0 Å². The molecular weight excluding hydrogens is 263 g/mol. The number of rotatable bonds is 3. The van der Waals surface area contributed by atoms with Gasteiger partial charge < -0.3 is 0 Å². The zero-order valence-corrected chi connectivity index (χ0v) is 12.9. The predicted molar refractivity (Wildman–Crippen MR) is 80.5 cm³/mol. The van der Waals surface area contributed by atoms with Crippen LogP contribution >= 0.6 is 23.2 Å². The molecule has 18 heavy (non-hydrogen) atoms. The molecule has 1 fully saturated rings. The van der Waals surface area contributed by atoms with E-state index in [4.69, 9.17) is 23.2 Å². The zero-order chi connectivity index (χ0) is 13.3. The van der Waals surface area contributed by atoms with Crippen LogP contribution in [0.2, 0.25) is 0 Å². The minimum absolute atomic E-state index is 0.224.